The molecule has 2 fully saturated rings. The molecule has 5 nitrogen and oxygen atoms in total. The van der Waals surface area contributed by atoms with Crippen molar-refractivity contribution in [2.24, 2.45) is 5.41 Å². The molecule has 2 heterocycles. The summed E-state index contributed by atoms with van der Waals surface area (Å²) in [5.74, 6) is 0.147. The predicted octanol–water partition coefficient (Wildman–Crippen LogP) is 3.41. The Hall–Kier alpha value is -2.56. The molecule has 2 aliphatic rings. The Labute approximate surface area is 159 Å². The number of phenolic OH excluding ortho intramolecular Hbond substituents is 1. The molecule has 142 valence electrons. The minimum atomic E-state index is -0.108. The molecule has 0 bridgehead atoms. The zero-order valence-electron chi connectivity index (χ0n) is 15.8. The maximum atomic E-state index is 13.4. The smallest absolute Gasteiger partial charge is 0.258 e. The Morgan fingerprint density at radius 3 is 2.78 bits per heavy atom. The standard InChI is InChI=1S/C22H26N2O3/c1-2-23-14-22(12-10-19(23)26)11-5-13-24(15-22)21(27)20-17-7-4-3-6-16(17)8-9-18(20)25/h3-4,6-9,25H,2,5,10-15H2,1H3/t22-/m1/s1. The lowest BCUT2D eigenvalue weighted by molar-refractivity contribution is -0.138. The van der Waals surface area contributed by atoms with Gasteiger partial charge >= 0.3 is 0 Å². The van der Waals surface area contributed by atoms with Crippen molar-refractivity contribution >= 4 is 22.6 Å². The number of hydrogen-bond acceptors (Lipinski definition) is 3. The molecule has 0 unspecified atom stereocenters. The summed E-state index contributed by atoms with van der Waals surface area (Å²) in [5.41, 5.74) is 0.377. The first-order valence-electron chi connectivity index (χ1n) is 9.81. The third-order valence-electron chi connectivity index (χ3n) is 6.20. The zero-order valence-corrected chi connectivity index (χ0v) is 15.8. The number of likely N-dealkylation sites (tertiary alicyclic amines) is 2. The highest BCUT2D eigenvalue weighted by Gasteiger charge is 2.42. The van der Waals surface area contributed by atoms with E-state index in [9.17, 15) is 14.7 Å². The van der Waals surface area contributed by atoms with Crippen LogP contribution in [0, 0.1) is 5.41 Å². The summed E-state index contributed by atoms with van der Waals surface area (Å²) >= 11 is 0. The van der Waals surface area contributed by atoms with E-state index >= 15 is 0 Å². The Balaban J connectivity index is 1.64. The van der Waals surface area contributed by atoms with Gasteiger partial charge in [-0.15, -0.1) is 0 Å². The molecule has 2 aromatic rings. The van der Waals surface area contributed by atoms with Crippen LogP contribution < -0.4 is 0 Å². The first kappa shape index (κ1) is 17.8. The number of carbonyl (C=O) groups excluding carboxylic acids is 2. The second kappa shape index (κ2) is 6.87. The molecule has 4 rings (SSSR count). The third-order valence-corrected chi connectivity index (χ3v) is 6.20. The summed E-state index contributed by atoms with van der Waals surface area (Å²) in [7, 11) is 0. The molecule has 0 aliphatic carbocycles. The molecule has 5 heteroatoms. The lowest BCUT2D eigenvalue weighted by Crippen LogP contribution is -2.55. The largest absolute Gasteiger partial charge is 0.507 e. The van der Waals surface area contributed by atoms with Crippen LogP contribution in [0.1, 0.15) is 43.0 Å². The lowest BCUT2D eigenvalue weighted by atomic mass is 9.73. The minimum Gasteiger partial charge on any atom is -0.507 e. The summed E-state index contributed by atoms with van der Waals surface area (Å²) in [6, 6.07) is 11.1. The molecule has 27 heavy (non-hydrogen) atoms. The van der Waals surface area contributed by atoms with Crippen molar-refractivity contribution in [3.63, 3.8) is 0 Å². The van der Waals surface area contributed by atoms with Crippen LogP contribution in [-0.4, -0.2) is 52.9 Å². The molecule has 0 radical (unpaired) electrons. The van der Waals surface area contributed by atoms with Gasteiger partial charge < -0.3 is 14.9 Å². The average molecular weight is 366 g/mol. The molecule has 1 N–H and O–H groups in total. The van der Waals surface area contributed by atoms with E-state index in [1.54, 1.807) is 6.07 Å². The fourth-order valence-corrected chi connectivity index (χ4v) is 4.75. The zero-order chi connectivity index (χ0) is 19.0. The normalized spacial score (nSPS) is 23.2. The van der Waals surface area contributed by atoms with Crippen molar-refractivity contribution in [3.05, 3.63) is 42.0 Å². The molecule has 2 saturated heterocycles. The highest BCUT2D eigenvalue weighted by Crippen LogP contribution is 2.40. The molecule has 1 spiro atoms. The van der Waals surface area contributed by atoms with Gasteiger partial charge in [-0.25, -0.2) is 0 Å². The Morgan fingerprint density at radius 2 is 1.96 bits per heavy atom. The molecule has 1 atom stereocenters. The van der Waals surface area contributed by atoms with Gasteiger partial charge in [0.1, 0.15) is 5.75 Å². The highest BCUT2D eigenvalue weighted by atomic mass is 16.3. The molecule has 2 aromatic carbocycles. The molecule has 2 amide bonds. The average Bonchev–Trinajstić information content (AvgIpc) is 2.69. The van der Waals surface area contributed by atoms with Crippen molar-refractivity contribution in [3.8, 4) is 5.75 Å². The first-order valence-corrected chi connectivity index (χ1v) is 9.81. The lowest BCUT2D eigenvalue weighted by Gasteiger charge is -2.48. The van der Waals surface area contributed by atoms with E-state index in [-0.39, 0.29) is 23.0 Å². The van der Waals surface area contributed by atoms with Gasteiger partial charge in [0.25, 0.3) is 5.91 Å². The van der Waals surface area contributed by atoms with Gasteiger partial charge in [0.05, 0.1) is 5.56 Å². The Kier molecular flexibility index (Phi) is 4.54. The fourth-order valence-electron chi connectivity index (χ4n) is 4.75. The number of amides is 2. The number of rotatable bonds is 2. The predicted molar refractivity (Wildman–Crippen MR) is 105 cm³/mol. The van der Waals surface area contributed by atoms with Gasteiger partial charge in [-0.3, -0.25) is 9.59 Å². The topological polar surface area (TPSA) is 60.9 Å². The maximum Gasteiger partial charge on any atom is 0.258 e. The van der Waals surface area contributed by atoms with E-state index in [1.807, 2.05) is 47.1 Å². The van der Waals surface area contributed by atoms with Crippen LogP contribution in [0.2, 0.25) is 0 Å². The van der Waals surface area contributed by atoms with E-state index in [4.69, 9.17) is 0 Å². The molecular formula is C22H26N2O3. The van der Waals surface area contributed by atoms with E-state index in [1.165, 1.54) is 0 Å². The van der Waals surface area contributed by atoms with Gasteiger partial charge in [0.15, 0.2) is 0 Å². The summed E-state index contributed by atoms with van der Waals surface area (Å²) in [6.07, 6.45) is 3.38. The number of piperidine rings is 2. The first-order chi connectivity index (χ1) is 13.0. The van der Waals surface area contributed by atoms with Gasteiger partial charge in [0.2, 0.25) is 5.91 Å². The second-order valence-corrected chi connectivity index (χ2v) is 7.92. The number of aromatic hydroxyl groups is 1. The minimum absolute atomic E-state index is 0.0158. The van der Waals surface area contributed by atoms with Gasteiger partial charge in [-0.2, -0.15) is 0 Å². The van der Waals surface area contributed by atoms with Crippen LogP contribution in [0.4, 0.5) is 0 Å². The van der Waals surface area contributed by atoms with Crippen LogP contribution in [0.5, 0.6) is 5.75 Å². The SMILES string of the molecule is CCN1C[C@@]2(CCCN(C(=O)c3c(O)ccc4ccccc34)C2)CCC1=O. The van der Waals surface area contributed by atoms with Crippen molar-refractivity contribution in [1.29, 1.82) is 0 Å². The number of carbonyl (C=O) groups is 2. The van der Waals surface area contributed by atoms with Crippen LogP contribution in [0.3, 0.4) is 0 Å². The van der Waals surface area contributed by atoms with E-state index in [0.717, 1.165) is 43.1 Å². The number of phenols is 1. The van der Waals surface area contributed by atoms with Crippen molar-refractivity contribution in [2.75, 3.05) is 26.2 Å². The summed E-state index contributed by atoms with van der Waals surface area (Å²) < 4.78 is 0. The molecule has 0 aromatic heterocycles. The van der Waals surface area contributed by atoms with Crippen LogP contribution >= 0.6 is 0 Å². The van der Waals surface area contributed by atoms with Crippen molar-refractivity contribution in [2.45, 2.75) is 32.6 Å². The quantitative estimate of drug-likeness (QED) is 0.886. The summed E-state index contributed by atoms with van der Waals surface area (Å²) in [4.78, 5) is 29.3. The van der Waals surface area contributed by atoms with E-state index in [0.29, 0.717) is 25.1 Å². The maximum absolute atomic E-state index is 13.4. The molecule has 2 aliphatic heterocycles. The van der Waals surface area contributed by atoms with Gasteiger partial charge in [0, 0.05) is 38.0 Å². The van der Waals surface area contributed by atoms with Gasteiger partial charge in [-0.05, 0) is 43.0 Å². The number of nitrogens with zero attached hydrogens (tertiary/aromatic N) is 2. The van der Waals surface area contributed by atoms with Crippen LogP contribution in [0.25, 0.3) is 10.8 Å². The Morgan fingerprint density at radius 1 is 1.15 bits per heavy atom. The number of benzene rings is 2. The highest BCUT2D eigenvalue weighted by molar-refractivity contribution is 6.09. The summed E-state index contributed by atoms with van der Waals surface area (Å²) in [6.45, 7) is 4.81. The van der Waals surface area contributed by atoms with E-state index in [2.05, 4.69) is 0 Å². The van der Waals surface area contributed by atoms with Crippen LogP contribution in [-0.2, 0) is 4.79 Å². The van der Waals surface area contributed by atoms with Crippen LogP contribution in [0.15, 0.2) is 36.4 Å². The monoisotopic (exact) mass is 366 g/mol. The van der Waals surface area contributed by atoms with Crippen molar-refractivity contribution < 1.29 is 14.7 Å². The van der Waals surface area contributed by atoms with E-state index < -0.39 is 0 Å². The second-order valence-electron chi connectivity index (χ2n) is 7.92. The molecular weight excluding hydrogens is 340 g/mol. The third kappa shape index (κ3) is 3.15. The summed E-state index contributed by atoms with van der Waals surface area (Å²) in [5, 5.41) is 12.2. The van der Waals surface area contributed by atoms with Crippen molar-refractivity contribution in [1.82, 2.24) is 9.80 Å². The Bertz CT molecular complexity index is 894. The number of fused-ring (bicyclic) bond motifs is 1. The number of hydrogen-bond donors (Lipinski definition) is 1. The fraction of sp³-hybridized carbons (Fsp3) is 0.455. The molecule has 0 saturated carbocycles. The van der Waals surface area contributed by atoms with Gasteiger partial charge in [-0.1, -0.05) is 30.3 Å².